The second-order valence-corrected chi connectivity index (χ2v) is 7.88. The number of benzene rings is 2. The Morgan fingerprint density at radius 2 is 1.68 bits per heavy atom. The first-order valence-corrected chi connectivity index (χ1v) is 9.76. The summed E-state index contributed by atoms with van der Waals surface area (Å²) < 4.78 is 44.5. The zero-order valence-electron chi connectivity index (χ0n) is 14.2. The molecule has 6 nitrogen and oxygen atoms in total. The highest BCUT2D eigenvalue weighted by Gasteiger charge is 2.22. The molecule has 2 rings (SSSR count). The molecule has 0 aromatic heterocycles. The maximum atomic E-state index is 12.6. The standard InChI is InChI=1S/C17H20BrNO5S/c1-12(11-24-15-7-5-4-6-14(15)22-2)19-25(20,21)17-10-13(18)8-9-16(17)23-3/h4-10,12,19H,11H2,1-3H3/t12-/m1/s1. The molecular weight excluding hydrogens is 410 g/mol. The summed E-state index contributed by atoms with van der Waals surface area (Å²) in [5.74, 6) is 1.41. The van der Waals surface area contributed by atoms with Gasteiger partial charge in [0.2, 0.25) is 10.0 Å². The fourth-order valence-electron chi connectivity index (χ4n) is 2.18. The van der Waals surface area contributed by atoms with Crippen molar-refractivity contribution in [3.8, 4) is 17.2 Å². The number of hydrogen-bond acceptors (Lipinski definition) is 5. The molecule has 0 saturated heterocycles. The number of para-hydroxylation sites is 2. The smallest absolute Gasteiger partial charge is 0.244 e. The van der Waals surface area contributed by atoms with Crippen LogP contribution in [-0.2, 0) is 10.0 Å². The average molecular weight is 430 g/mol. The van der Waals surface area contributed by atoms with Gasteiger partial charge in [-0.15, -0.1) is 0 Å². The van der Waals surface area contributed by atoms with E-state index in [1.165, 1.54) is 13.2 Å². The molecule has 0 saturated carbocycles. The molecule has 1 N–H and O–H groups in total. The Bertz CT molecular complexity index is 826. The van der Waals surface area contributed by atoms with E-state index in [2.05, 4.69) is 20.7 Å². The van der Waals surface area contributed by atoms with Crippen LogP contribution < -0.4 is 18.9 Å². The second kappa shape index (κ2) is 8.55. The fraction of sp³-hybridized carbons (Fsp3) is 0.294. The van der Waals surface area contributed by atoms with Gasteiger partial charge in [-0.2, -0.15) is 0 Å². The maximum absolute atomic E-state index is 12.6. The number of rotatable bonds is 8. The minimum absolute atomic E-state index is 0.0634. The quantitative estimate of drug-likeness (QED) is 0.697. The normalized spacial score (nSPS) is 12.5. The van der Waals surface area contributed by atoms with Crippen LogP contribution in [0.4, 0.5) is 0 Å². The van der Waals surface area contributed by atoms with Gasteiger partial charge in [-0.1, -0.05) is 28.1 Å². The highest BCUT2D eigenvalue weighted by molar-refractivity contribution is 9.10. The van der Waals surface area contributed by atoms with Crippen molar-refractivity contribution in [3.63, 3.8) is 0 Å². The van der Waals surface area contributed by atoms with Crippen LogP contribution in [0.3, 0.4) is 0 Å². The van der Waals surface area contributed by atoms with E-state index in [4.69, 9.17) is 14.2 Å². The molecule has 0 amide bonds. The molecule has 0 aliphatic heterocycles. The lowest BCUT2D eigenvalue weighted by atomic mass is 10.3. The minimum Gasteiger partial charge on any atom is -0.495 e. The number of methoxy groups -OCH3 is 2. The molecule has 0 fully saturated rings. The number of halogens is 1. The first kappa shape index (κ1) is 19.6. The third kappa shape index (κ3) is 5.10. The van der Waals surface area contributed by atoms with E-state index in [1.807, 2.05) is 12.1 Å². The number of sulfonamides is 1. The third-order valence-corrected chi connectivity index (χ3v) is 5.43. The summed E-state index contributed by atoms with van der Waals surface area (Å²) in [6.07, 6.45) is 0. The Kier molecular flexibility index (Phi) is 6.69. The molecule has 0 aliphatic carbocycles. The lowest BCUT2D eigenvalue weighted by Crippen LogP contribution is -2.37. The molecule has 0 unspecified atom stereocenters. The third-order valence-electron chi connectivity index (χ3n) is 3.33. The van der Waals surface area contributed by atoms with E-state index in [0.29, 0.717) is 16.0 Å². The molecule has 2 aromatic rings. The van der Waals surface area contributed by atoms with Gasteiger partial charge in [0.25, 0.3) is 0 Å². The molecule has 136 valence electrons. The van der Waals surface area contributed by atoms with E-state index in [9.17, 15) is 8.42 Å². The summed E-state index contributed by atoms with van der Waals surface area (Å²) in [6, 6.07) is 11.5. The molecule has 8 heteroatoms. The predicted octanol–water partition coefficient (Wildman–Crippen LogP) is 3.21. The van der Waals surface area contributed by atoms with E-state index >= 15 is 0 Å². The maximum Gasteiger partial charge on any atom is 0.244 e. The zero-order chi connectivity index (χ0) is 18.4. The van der Waals surface area contributed by atoms with Crippen LogP contribution in [0.5, 0.6) is 17.2 Å². The summed E-state index contributed by atoms with van der Waals surface area (Å²) in [5, 5.41) is 0. The van der Waals surface area contributed by atoms with Crippen molar-refractivity contribution >= 4 is 26.0 Å². The molecule has 0 spiro atoms. The molecule has 25 heavy (non-hydrogen) atoms. The second-order valence-electron chi connectivity index (χ2n) is 5.28. The Hall–Kier alpha value is -1.77. The Morgan fingerprint density at radius 1 is 1.04 bits per heavy atom. The zero-order valence-corrected chi connectivity index (χ0v) is 16.6. The molecule has 1 atom stereocenters. The van der Waals surface area contributed by atoms with Crippen molar-refractivity contribution in [1.29, 1.82) is 0 Å². The van der Waals surface area contributed by atoms with Gasteiger partial charge < -0.3 is 14.2 Å². The molecule has 2 aromatic carbocycles. The van der Waals surface area contributed by atoms with Crippen LogP contribution in [0.15, 0.2) is 51.8 Å². The predicted molar refractivity (Wildman–Crippen MR) is 99.0 cm³/mol. The van der Waals surface area contributed by atoms with E-state index in [0.717, 1.165) is 0 Å². The lowest BCUT2D eigenvalue weighted by molar-refractivity contribution is 0.271. The van der Waals surface area contributed by atoms with Gasteiger partial charge in [0.15, 0.2) is 11.5 Å². The summed E-state index contributed by atoms with van der Waals surface area (Å²) in [4.78, 5) is 0.0634. The van der Waals surface area contributed by atoms with Crippen LogP contribution in [0.2, 0.25) is 0 Å². The van der Waals surface area contributed by atoms with E-state index in [-0.39, 0.29) is 17.3 Å². The number of hydrogen-bond donors (Lipinski definition) is 1. The monoisotopic (exact) mass is 429 g/mol. The SMILES string of the molecule is COc1ccccc1OC[C@@H](C)NS(=O)(=O)c1cc(Br)ccc1OC. The highest BCUT2D eigenvalue weighted by Crippen LogP contribution is 2.28. The lowest BCUT2D eigenvalue weighted by Gasteiger charge is -2.17. The van der Waals surface area contributed by atoms with Crippen molar-refractivity contribution in [2.24, 2.45) is 0 Å². The van der Waals surface area contributed by atoms with Crippen molar-refractivity contribution in [2.75, 3.05) is 20.8 Å². The number of nitrogens with one attached hydrogen (secondary N) is 1. The Labute approximate surface area is 156 Å². The Morgan fingerprint density at radius 3 is 2.32 bits per heavy atom. The van der Waals surface area contributed by atoms with Crippen LogP contribution >= 0.6 is 15.9 Å². The van der Waals surface area contributed by atoms with E-state index < -0.39 is 16.1 Å². The minimum atomic E-state index is -3.76. The van der Waals surface area contributed by atoms with Crippen LogP contribution in [0, 0.1) is 0 Å². The van der Waals surface area contributed by atoms with Gasteiger partial charge in [-0.3, -0.25) is 0 Å². The first-order valence-electron chi connectivity index (χ1n) is 7.49. The highest BCUT2D eigenvalue weighted by atomic mass is 79.9. The Balaban J connectivity index is 2.09. The molecule has 0 radical (unpaired) electrons. The van der Waals surface area contributed by atoms with Gasteiger partial charge in [0.1, 0.15) is 17.3 Å². The van der Waals surface area contributed by atoms with Crippen molar-refractivity contribution in [3.05, 3.63) is 46.9 Å². The topological polar surface area (TPSA) is 73.9 Å². The van der Waals surface area contributed by atoms with Crippen LogP contribution in [-0.4, -0.2) is 35.3 Å². The fourth-order valence-corrected chi connectivity index (χ4v) is 4.11. The van der Waals surface area contributed by atoms with Gasteiger partial charge in [-0.05, 0) is 37.3 Å². The van der Waals surface area contributed by atoms with Gasteiger partial charge in [0.05, 0.1) is 20.3 Å². The van der Waals surface area contributed by atoms with Gasteiger partial charge in [0, 0.05) is 4.47 Å². The summed E-state index contributed by atoms with van der Waals surface area (Å²) in [5.41, 5.74) is 0. The van der Waals surface area contributed by atoms with Crippen molar-refractivity contribution in [1.82, 2.24) is 4.72 Å². The summed E-state index contributed by atoms with van der Waals surface area (Å²) in [6.45, 7) is 1.87. The summed E-state index contributed by atoms with van der Waals surface area (Å²) in [7, 11) is -0.785. The largest absolute Gasteiger partial charge is 0.495 e. The van der Waals surface area contributed by atoms with Crippen LogP contribution in [0.25, 0.3) is 0 Å². The average Bonchev–Trinajstić information content (AvgIpc) is 2.59. The van der Waals surface area contributed by atoms with Crippen LogP contribution in [0.1, 0.15) is 6.92 Å². The first-order chi connectivity index (χ1) is 11.9. The summed E-state index contributed by atoms with van der Waals surface area (Å²) >= 11 is 3.28. The van der Waals surface area contributed by atoms with Gasteiger partial charge in [-0.25, -0.2) is 13.1 Å². The molecule has 0 bridgehead atoms. The van der Waals surface area contributed by atoms with Gasteiger partial charge >= 0.3 is 0 Å². The number of ether oxygens (including phenoxy) is 3. The molecule has 0 heterocycles. The van der Waals surface area contributed by atoms with Crippen molar-refractivity contribution in [2.45, 2.75) is 17.9 Å². The van der Waals surface area contributed by atoms with E-state index in [1.54, 1.807) is 38.3 Å². The van der Waals surface area contributed by atoms with Crippen molar-refractivity contribution < 1.29 is 22.6 Å². The molecular formula is C17H20BrNO5S. The molecule has 0 aliphatic rings.